The number of ether oxygens (including phenoxy) is 3. The molecule has 0 bridgehead atoms. The molecule has 0 radical (unpaired) electrons. The first-order chi connectivity index (χ1) is 15.0. The number of rotatable bonds is 9. The summed E-state index contributed by atoms with van der Waals surface area (Å²) in [6.45, 7) is 7.03. The molecular weight excluding hydrogens is 390 g/mol. The van der Waals surface area contributed by atoms with Crippen LogP contribution in [0.5, 0.6) is 17.2 Å². The van der Waals surface area contributed by atoms with Crippen molar-refractivity contribution in [3.8, 4) is 17.2 Å². The lowest BCUT2D eigenvalue weighted by Gasteiger charge is -2.16. The lowest BCUT2D eigenvalue weighted by Crippen LogP contribution is -2.13. The van der Waals surface area contributed by atoms with E-state index in [4.69, 9.17) is 14.2 Å². The molecule has 1 N–H and O–H groups in total. The zero-order valence-corrected chi connectivity index (χ0v) is 18.5. The van der Waals surface area contributed by atoms with Gasteiger partial charge in [-0.15, -0.1) is 0 Å². The number of para-hydroxylation sites is 3. The molecule has 0 unspecified atom stereocenters. The van der Waals surface area contributed by atoms with Crippen LogP contribution >= 0.6 is 0 Å². The Morgan fingerprint density at radius 2 is 1.61 bits per heavy atom. The number of hydrogen-bond donors (Lipinski definition) is 1. The van der Waals surface area contributed by atoms with Crippen molar-refractivity contribution in [2.75, 3.05) is 19.0 Å². The molecule has 0 aromatic heterocycles. The number of anilines is 1. The van der Waals surface area contributed by atoms with E-state index in [1.54, 1.807) is 25.3 Å². The van der Waals surface area contributed by atoms with Crippen LogP contribution in [-0.4, -0.2) is 19.6 Å². The standard InChI is InChI=1S/C26H29NO4/c1-5-30-23-15-14-19(26(28)27-22-11-7-9-13-25(22)29-4)16-20(23)17-31-24-12-8-6-10-21(24)18(2)3/h6-16,18H,5,17H2,1-4H3,(H,27,28). The van der Waals surface area contributed by atoms with E-state index in [1.165, 1.54) is 0 Å². The maximum atomic E-state index is 12.9. The van der Waals surface area contributed by atoms with Gasteiger partial charge in [-0.2, -0.15) is 0 Å². The summed E-state index contributed by atoms with van der Waals surface area (Å²) in [5.74, 6) is 2.27. The van der Waals surface area contributed by atoms with Crippen LogP contribution in [0, 0.1) is 0 Å². The van der Waals surface area contributed by atoms with E-state index in [0.717, 1.165) is 16.9 Å². The number of nitrogens with one attached hydrogen (secondary N) is 1. The molecule has 1 amide bonds. The zero-order chi connectivity index (χ0) is 22.2. The summed E-state index contributed by atoms with van der Waals surface area (Å²) >= 11 is 0. The van der Waals surface area contributed by atoms with Gasteiger partial charge in [0.15, 0.2) is 0 Å². The van der Waals surface area contributed by atoms with Gasteiger partial charge in [0, 0.05) is 11.1 Å². The number of amides is 1. The molecule has 3 aromatic rings. The normalized spacial score (nSPS) is 10.6. The van der Waals surface area contributed by atoms with Crippen molar-refractivity contribution < 1.29 is 19.0 Å². The SMILES string of the molecule is CCOc1ccc(C(=O)Nc2ccccc2OC)cc1COc1ccccc1C(C)C. The summed E-state index contributed by atoms with van der Waals surface area (Å²) in [4.78, 5) is 12.9. The Labute approximate surface area is 184 Å². The maximum absolute atomic E-state index is 12.9. The Hall–Kier alpha value is -3.47. The first-order valence-electron chi connectivity index (χ1n) is 10.4. The predicted octanol–water partition coefficient (Wildman–Crippen LogP) is 6.05. The van der Waals surface area contributed by atoms with E-state index in [1.807, 2.05) is 49.4 Å². The lowest BCUT2D eigenvalue weighted by molar-refractivity contribution is 0.102. The van der Waals surface area contributed by atoms with Gasteiger partial charge in [-0.3, -0.25) is 4.79 Å². The monoisotopic (exact) mass is 419 g/mol. The van der Waals surface area contributed by atoms with Crippen LogP contribution in [0.2, 0.25) is 0 Å². The van der Waals surface area contributed by atoms with Crippen LogP contribution in [0.25, 0.3) is 0 Å². The van der Waals surface area contributed by atoms with E-state index < -0.39 is 0 Å². The number of methoxy groups -OCH3 is 1. The van der Waals surface area contributed by atoms with Crippen LogP contribution in [0.15, 0.2) is 66.7 Å². The molecule has 3 rings (SSSR count). The van der Waals surface area contributed by atoms with Crippen LogP contribution < -0.4 is 19.5 Å². The Balaban J connectivity index is 1.83. The summed E-state index contributed by atoms with van der Waals surface area (Å²) in [5, 5.41) is 2.91. The molecule has 0 aliphatic heterocycles. The summed E-state index contributed by atoms with van der Waals surface area (Å²) in [5.41, 5.74) is 3.09. The first-order valence-corrected chi connectivity index (χ1v) is 10.4. The molecule has 0 saturated carbocycles. The largest absolute Gasteiger partial charge is 0.495 e. The highest BCUT2D eigenvalue weighted by Crippen LogP contribution is 2.29. The van der Waals surface area contributed by atoms with Crippen molar-refractivity contribution in [1.29, 1.82) is 0 Å². The molecular formula is C26H29NO4. The molecule has 0 aliphatic carbocycles. The second-order valence-corrected chi connectivity index (χ2v) is 7.39. The zero-order valence-electron chi connectivity index (χ0n) is 18.5. The fourth-order valence-electron chi connectivity index (χ4n) is 3.32. The molecule has 162 valence electrons. The number of carbonyl (C=O) groups excluding carboxylic acids is 1. The Kier molecular flexibility index (Phi) is 7.55. The van der Waals surface area contributed by atoms with Gasteiger partial charge in [0.05, 0.1) is 19.4 Å². The van der Waals surface area contributed by atoms with E-state index in [0.29, 0.717) is 41.9 Å². The summed E-state index contributed by atoms with van der Waals surface area (Å²) < 4.78 is 17.2. The highest BCUT2D eigenvalue weighted by atomic mass is 16.5. The van der Waals surface area contributed by atoms with Crippen molar-refractivity contribution in [2.24, 2.45) is 0 Å². The van der Waals surface area contributed by atoms with Gasteiger partial charge in [0.25, 0.3) is 5.91 Å². The van der Waals surface area contributed by atoms with Crippen LogP contribution in [0.4, 0.5) is 5.69 Å². The van der Waals surface area contributed by atoms with Gasteiger partial charge in [0.2, 0.25) is 0 Å². The van der Waals surface area contributed by atoms with E-state index in [2.05, 4.69) is 25.2 Å². The molecule has 0 aliphatic rings. The van der Waals surface area contributed by atoms with Gasteiger partial charge in [-0.05, 0) is 54.8 Å². The second-order valence-electron chi connectivity index (χ2n) is 7.39. The number of hydrogen-bond acceptors (Lipinski definition) is 4. The third-order valence-corrected chi connectivity index (χ3v) is 4.90. The van der Waals surface area contributed by atoms with E-state index >= 15 is 0 Å². The summed E-state index contributed by atoms with van der Waals surface area (Å²) in [6.07, 6.45) is 0. The minimum absolute atomic E-state index is 0.226. The van der Waals surface area contributed by atoms with Gasteiger partial charge < -0.3 is 19.5 Å². The maximum Gasteiger partial charge on any atom is 0.255 e. The highest BCUT2D eigenvalue weighted by Gasteiger charge is 2.14. The molecule has 0 heterocycles. The molecule has 0 spiro atoms. The number of carbonyl (C=O) groups is 1. The van der Waals surface area contributed by atoms with Gasteiger partial charge in [0.1, 0.15) is 23.9 Å². The smallest absolute Gasteiger partial charge is 0.255 e. The van der Waals surface area contributed by atoms with Crippen LogP contribution in [0.1, 0.15) is 48.2 Å². The van der Waals surface area contributed by atoms with Gasteiger partial charge in [-0.25, -0.2) is 0 Å². The van der Waals surface area contributed by atoms with Crippen molar-refractivity contribution in [1.82, 2.24) is 0 Å². The molecule has 0 saturated heterocycles. The minimum Gasteiger partial charge on any atom is -0.495 e. The lowest BCUT2D eigenvalue weighted by atomic mass is 10.0. The third kappa shape index (κ3) is 5.57. The third-order valence-electron chi connectivity index (χ3n) is 4.90. The van der Waals surface area contributed by atoms with E-state index in [-0.39, 0.29) is 5.91 Å². The van der Waals surface area contributed by atoms with Gasteiger partial charge in [-0.1, -0.05) is 44.2 Å². The Bertz CT molecular complexity index is 1030. The predicted molar refractivity (Wildman–Crippen MR) is 123 cm³/mol. The fourth-order valence-corrected chi connectivity index (χ4v) is 3.32. The quantitative estimate of drug-likeness (QED) is 0.459. The fraction of sp³-hybridized carbons (Fsp3) is 0.269. The van der Waals surface area contributed by atoms with Crippen LogP contribution in [0.3, 0.4) is 0 Å². The molecule has 31 heavy (non-hydrogen) atoms. The molecule has 0 atom stereocenters. The Morgan fingerprint density at radius 1 is 0.903 bits per heavy atom. The van der Waals surface area contributed by atoms with Crippen molar-refractivity contribution in [3.63, 3.8) is 0 Å². The highest BCUT2D eigenvalue weighted by molar-refractivity contribution is 6.05. The number of benzene rings is 3. The van der Waals surface area contributed by atoms with Crippen LogP contribution in [-0.2, 0) is 6.61 Å². The first kappa shape index (κ1) is 22.2. The molecule has 5 nitrogen and oxygen atoms in total. The molecule has 0 fully saturated rings. The summed E-state index contributed by atoms with van der Waals surface area (Å²) in [6, 6.07) is 20.7. The molecule has 5 heteroatoms. The second kappa shape index (κ2) is 10.5. The topological polar surface area (TPSA) is 56.8 Å². The van der Waals surface area contributed by atoms with E-state index in [9.17, 15) is 4.79 Å². The average molecular weight is 420 g/mol. The average Bonchev–Trinajstić information content (AvgIpc) is 2.79. The minimum atomic E-state index is -0.226. The molecule has 3 aromatic carbocycles. The van der Waals surface area contributed by atoms with Crippen molar-refractivity contribution in [2.45, 2.75) is 33.3 Å². The Morgan fingerprint density at radius 3 is 2.32 bits per heavy atom. The van der Waals surface area contributed by atoms with Crippen molar-refractivity contribution in [3.05, 3.63) is 83.4 Å². The van der Waals surface area contributed by atoms with Gasteiger partial charge >= 0.3 is 0 Å². The van der Waals surface area contributed by atoms with Crippen molar-refractivity contribution >= 4 is 11.6 Å². The summed E-state index contributed by atoms with van der Waals surface area (Å²) in [7, 11) is 1.58.